The number of hydrogen-bond acceptors (Lipinski definition) is 3. The van der Waals surface area contributed by atoms with E-state index in [1.54, 1.807) is 0 Å². The van der Waals surface area contributed by atoms with Gasteiger partial charge in [0, 0.05) is 50.6 Å². The highest BCUT2D eigenvalue weighted by Gasteiger charge is 2.20. The Morgan fingerprint density at radius 1 is 1.30 bits per heavy atom. The predicted molar refractivity (Wildman–Crippen MR) is 89.0 cm³/mol. The third-order valence-electron chi connectivity index (χ3n) is 4.03. The maximum atomic E-state index is 3.68. The zero-order valence-electron chi connectivity index (χ0n) is 13.6. The van der Waals surface area contributed by atoms with E-state index in [-0.39, 0.29) is 0 Å². The molecule has 0 saturated carbocycles. The summed E-state index contributed by atoms with van der Waals surface area (Å²) in [5.41, 5.74) is 4.02. The van der Waals surface area contributed by atoms with E-state index < -0.39 is 0 Å². The minimum atomic E-state index is 0.565. The van der Waals surface area contributed by atoms with Crippen molar-refractivity contribution in [2.45, 2.75) is 45.7 Å². The average molecular weight is 275 g/mol. The standard InChI is InChI=1S/C17H29N3/c1-13(2)18-15-7-6-10-20(12-15)16-9-8-14(3)17(11-16)19(4)5/h8-9,11,13,15,18H,6-7,10,12H2,1-5H3. The molecule has 0 radical (unpaired) electrons. The Kier molecular flexibility index (Phi) is 4.92. The van der Waals surface area contributed by atoms with E-state index in [4.69, 9.17) is 0 Å². The fourth-order valence-corrected chi connectivity index (χ4v) is 3.10. The highest BCUT2D eigenvalue weighted by molar-refractivity contribution is 5.63. The molecule has 1 atom stereocenters. The Hall–Kier alpha value is -1.22. The topological polar surface area (TPSA) is 18.5 Å². The van der Waals surface area contributed by atoms with E-state index in [1.807, 2.05) is 0 Å². The van der Waals surface area contributed by atoms with Gasteiger partial charge < -0.3 is 15.1 Å². The summed E-state index contributed by atoms with van der Waals surface area (Å²) in [6.45, 7) is 8.93. The third-order valence-corrected chi connectivity index (χ3v) is 4.03. The lowest BCUT2D eigenvalue weighted by molar-refractivity contribution is 0.395. The Labute approximate surface area is 124 Å². The summed E-state index contributed by atoms with van der Waals surface area (Å²) in [6.07, 6.45) is 2.57. The Morgan fingerprint density at radius 3 is 2.70 bits per heavy atom. The number of hydrogen-bond donors (Lipinski definition) is 1. The predicted octanol–water partition coefficient (Wildman–Crippen LogP) is 3.03. The summed E-state index contributed by atoms with van der Waals surface area (Å²) in [7, 11) is 4.23. The van der Waals surface area contributed by atoms with Crippen molar-refractivity contribution in [1.29, 1.82) is 0 Å². The Bertz CT molecular complexity index is 440. The molecule has 1 saturated heterocycles. The van der Waals surface area contributed by atoms with E-state index in [2.05, 4.69) is 68.2 Å². The molecule has 2 rings (SSSR count). The molecular weight excluding hydrogens is 246 g/mol. The van der Waals surface area contributed by atoms with E-state index in [1.165, 1.54) is 36.3 Å². The van der Waals surface area contributed by atoms with Gasteiger partial charge in [-0.15, -0.1) is 0 Å². The first-order valence-corrected chi connectivity index (χ1v) is 7.76. The summed E-state index contributed by atoms with van der Waals surface area (Å²) in [4.78, 5) is 4.72. The van der Waals surface area contributed by atoms with E-state index in [0.29, 0.717) is 12.1 Å². The maximum absolute atomic E-state index is 3.68. The van der Waals surface area contributed by atoms with E-state index >= 15 is 0 Å². The lowest BCUT2D eigenvalue weighted by Gasteiger charge is -2.36. The summed E-state index contributed by atoms with van der Waals surface area (Å²) in [5, 5.41) is 3.68. The first kappa shape index (κ1) is 15.2. The third kappa shape index (κ3) is 3.66. The van der Waals surface area contributed by atoms with Gasteiger partial charge in [-0.25, -0.2) is 0 Å². The summed E-state index contributed by atoms with van der Waals surface area (Å²) in [5.74, 6) is 0. The minimum Gasteiger partial charge on any atom is -0.377 e. The molecule has 1 N–H and O–H groups in total. The second kappa shape index (κ2) is 6.49. The molecule has 1 fully saturated rings. The van der Waals surface area contributed by atoms with Crippen LogP contribution in [0.3, 0.4) is 0 Å². The SMILES string of the molecule is Cc1ccc(N2CCCC(NC(C)C)C2)cc1N(C)C. The van der Waals surface area contributed by atoms with Gasteiger partial charge in [-0.3, -0.25) is 0 Å². The summed E-state index contributed by atoms with van der Waals surface area (Å²) in [6, 6.07) is 8.01. The highest BCUT2D eigenvalue weighted by atomic mass is 15.2. The molecule has 1 aromatic carbocycles. The largest absolute Gasteiger partial charge is 0.377 e. The minimum absolute atomic E-state index is 0.565. The molecule has 0 amide bonds. The lowest BCUT2D eigenvalue weighted by atomic mass is 10.0. The van der Waals surface area contributed by atoms with Gasteiger partial charge in [-0.2, -0.15) is 0 Å². The molecule has 1 aliphatic rings. The van der Waals surface area contributed by atoms with Crippen LogP contribution >= 0.6 is 0 Å². The molecule has 3 nitrogen and oxygen atoms in total. The van der Waals surface area contributed by atoms with Crippen LogP contribution in [0.2, 0.25) is 0 Å². The number of nitrogens with zero attached hydrogens (tertiary/aromatic N) is 2. The van der Waals surface area contributed by atoms with Gasteiger partial charge in [0.25, 0.3) is 0 Å². The fraction of sp³-hybridized carbons (Fsp3) is 0.647. The van der Waals surface area contributed by atoms with Crippen LogP contribution in [-0.2, 0) is 0 Å². The summed E-state index contributed by atoms with van der Waals surface area (Å²) < 4.78 is 0. The molecule has 0 aromatic heterocycles. The van der Waals surface area contributed by atoms with Crippen LogP contribution in [0.1, 0.15) is 32.3 Å². The molecule has 1 heterocycles. The van der Waals surface area contributed by atoms with Crippen LogP contribution < -0.4 is 15.1 Å². The molecule has 1 aliphatic heterocycles. The number of rotatable bonds is 4. The molecule has 20 heavy (non-hydrogen) atoms. The number of benzene rings is 1. The van der Waals surface area contributed by atoms with Crippen molar-refractivity contribution in [2.75, 3.05) is 37.0 Å². The molecule has 0 aliphatic carbocycles. The normalized spacial score (nSPS) is 19.5. The van der Waals surface area contributed by atoms with Gasteiger partial charge in [-0.05, 0) is 37.5 Å². The molecular formula is C17H29N3. The first-order chi connectivity index (χ1) is 9.47. The monoisotopic (exact) mass is 275 g/mol. The smallest absolute Gasteiger partial charge is 0.0411 e. The van der Waals surface area contributed by atoms with Crippen molar-refractivity contribution in [3.05, 3.63) is 23.8 Å². The highest BCUT2D eigenvalue weighted by Crippen LogP contribution is 2.27. The number of piperidine rings is 1. The zero-order valence-corrected chi connectivity index (χ0v) is 13.6. The van der Waals surface area contributed by atoms with Crippen LogP contribution in [0.15, 0.2) is 18.2 Å². The van der Waals surface area contributed by atoms with Crippen LogP contribution in [0, 0.1) is 6.92 Å². The van der Waals surface area contributed by atoms with Crippen molar-refractivity contribution < 1.29 is 0 Å². The molecule has 1 unspecified atom stereocenters. The Morgan fingerprint density at radius 2 is 2.05 bits per heavy atom. The second-order valence-electron chi connectivity index (χ2n) is 6.47. The molecule has 1 aromatic rings. The number of nitrogens with one attached hydrogen (secondary N) is 1. The van der Waals surface area contributed by atoms with Crippen molar-refractivity contribution in [1.82, 2.24) is 5.32 Å². The van der Waals surface area contributed by atoms with Gasteiger partial charge >= 0.3 is 0 Å². The van der Waals surface area contributed by atoms with Gasteiger partial charge in [-0.1, -0.05) is 19.9 Å². The van der Waals surface area contributed by atoms with Crippen molar-refractivity contribution in [3.63, 3.8) is 0 Å². The van der Waals surface area contributed by atoms with E-state index in [0.717, 1.165) is 6.54 Å². The van der Waals surface area contributed by atoms with Gasteiger partial charge in [0.1, 0.15) is 0 Å². The van der Waals surface area contributed by atoms with Crippen LogP contribution in [0.25, 0.3) is 0 Å². The Balaban J connectivity index is 2.12. The molecule has 0 bridgehead atoms. The van der Waals surface area contributed by atoms with Crippen molar-refractivity contribution in [2.24, 2.45) is 0 Å². The maximum Gasteiger partial charge on any atom is 0.0411 e. The van der Waals surface area contributed by atoms with Gasteiger partial charge in [0.2, 0.25) is 0 Å². The molecule has 112 valence electrons. The number of anilines is 2. The quantitative estimate of drug-likeness (QED) is 0.911. The summed E-state index contributed by atoms with van der Waals surface area (Å²) >= 11 is 0. The molecule has 0 spiro atoms. The van der Waals surface area contributed by atoms with Gasteiger partial charge in [0.15, 0.2) is 0 Å². The molecule has 3 heteroatoms. The van der Waals surface area contributed by atoms with Crippen LogP contribution in [0.5, 0.6) is 0 Å². The lowest BCUT2D eigenvalue weighted by Crippen LogP contribution is -2.47. The zero-order chi connectivity index (χ0) is 14.7. The van der Waals surface area contributed by atoms with Gasteiger partial charge in [0.05, 0.1) is 0 Å². The van der Waals surface area contributed by atoms with Crippen LogP contribution in [-0.4, -0.2) is 39.3 Å². The first-order valence-electron chi connectivity index (χ1n) is 7.76. The number of aryl methyl sites for hydroxylation is 1. The van der Waals surface area contributed by atoms with Crippen molar-refractivity contribution >= 4 is 11.4 Å². The fourth-order valence-electron chi connectivity index (χ4n) is 3.10. The average Bonchev–Trinajstić information content (AvgIpc) is 2.38. The van der Waals surface area contributed by atoms with Crippen LogP contribution in [0.4, 0.5) is 11.4 Å². The second-order valence-corrected chi connectivity index (χ2v) is 6.47. The van der Waals surface area contributed by atoms with Crippen molar-refractivity contribution in [3.8, 4) is 0 Å². The van der Waals surface area contributed by atoms with E-state index in [9.17, 15) is 0 Å².